The highest BCUT2D eigenvalue weighted by molar-refractivity contribution is 7.12. The van der Waals surface area contributed by atoms with Crippen LogP contribution >= 0.6 is 11.3 Å². The average Bonchev–Trinajstić information content (AvgIpc) is 2.65. The Hall–Kier alpha value is -0.380. The molecule has 0 aromatic carbocycles. The van der Waals surface area contributed by atoms with Gasteiger partial charge in [0.25, 0.3) is 0 Å². The van der Waals surface area contributed by atoms with Crippen LogP contribution < -0.4 is 5.32 Å². The standard InChI is InChI=1S/C15H27NOS/c1-14(2,3)13-7-6-12(18-13)10-16-11-15(4,5)8-9-17/h6-7,16-17H,8-11H2,1-5H3. The van der Waals surface area contributed by atoms with Crippen LogP contribution in [0.5, 0.6) is 0 Å². The third kappa shape index (κ3) is 5.09. The van der Waals surface area contributed by atoms with Gasteiger partial charge < -0.3 is 10.4 Å². The van der Waals surface area contributed by atoms with Crippen molar-refractivity contribution in [2.75, 3.05) is 13.2 Å². The minimum absolute atomic E-state index is 0.166. The summed E-state index contributed by atoms with van der Waals surface area (Å²) in [5, 5.41) is 12.5. The molecule has 1 aromatic heterocycles. The highest BCUT2D eigenvalue weighted by atomic mass is 32.1. The molecule has 0 spiro atoms. The fraction of sp³-hybridized carbons (Fsp3) is 0.733. The summed E-state index contributed by atoms with van der Waals surface area (Å²) in [6.45, 7) is 13.3. The Morgan fingerprint density at radius 3 is 2.33 bits per heavy atom. The van der Waals surface area contributed by atoms with Crippen molar-refractivity contribution >= 4 is 11.3 Å². The van der Waals surface area contributed by atoms with E-state index in [9.17, 15) is 0 Å². The maximum atomic E-state index is 8.99. The van der Waals surface area contributed by atoms with Crippen LogP contribution in [0.2, 0.25) is 0 Å². The van der Waals surface area contributed by atoms with Crippen LogP contribution in [0.4, 0.5) is 0 Å². The van der Waals surface area contributed by atoms with E-state index >= 15 is 0 Å². The quantitative estimate of drug-likeness (QED) is 0.828. The summed E-state index contributed by atoms with van der Waals surface area (Å²) in [5.74, 6) is 0. The van der Waals surface area contributed by atoms with Gasteiger partial charge in [-0.25, -0.2) is 0 Å². The fourth-order valence-corrected chi connectivity index (χ4v) is 2.83. The largest absolute Gasteiger partial charge is 0.396 e. The zero-order valence-electron chi connectivity index (χ0n) is 12.3. The number of thiophene rings is 1. The summed E-state index contributed by atoms with van der Waals surface area (Å²) in [4.78, 5) is 2.83. The van der Waals surface area contributed by atoms with Gasteiger partial charge in [0, 0.05) is 29.5 Å². The van der Waals surface area contributed by atoms with Crippen molar-refractivity contribution in [1.82, 2.24) is 5.32 Å². The van der Waals surface area contributed by atoms with E-state index in [0.29, 0.717) is 0 Å². The number of nitrogens with one attached hydrogen (secondary N) is 1. The zero-order chi connectivity index (χ0) is 13.8. The maximum absolute atomic E-state index is 8.99. The number of rotatable bonds is 6. The highest BCUT2D eigenvalue weighted by Gasteiger charge is 2.18. The van der Waals surface area contributed by atoms with Crippen molar-refractivity contribution in [3.63, 3.8) is 0 Å². The van der Waals surface area contributed by atoms with Gasteiger partial charge in [-0.1, -0.05) is 34.6 Å². The molecule has 0 aliphatic rings. The van der Waals surface area contributed by atoms with Crippen molar-refractivity contribution in [3.8, 4) is 0 Å². The van der Waals surface area contributed by atoms with Crippen LogP contribution in [-0.4, -0.2) is 18.3 Å². The van der Waals surface area contributed by atoms with Gasteiger partial charge in [0.15, 0.2) is 0 Å². The molecule has 1 heterocycles. The molecule has 0 radical (unpaired) electrons. The molecule has 0 saturated heterocycles. The minimum Gasteiger partial charge on any atom is -0.396 e. The Balaban J connectivity index is 2.43. The van der Waals surface area contributed by atoms with E-state index in [1.807, 2.05) is 11.3 Å². The molecule has 2 nitrogen and oxygen atoms in total. The molecule has 3 heteroatoms. The number of hydrogen-bond acceptors (Lipinski definition) is 3. The summed E-state index contributed by atoms with van der Waals surface area (Å²) in [6, 6.07) is 4.46. The predicted molar refractivity (Wildman–Crippen MR) is 80.2 cm³/mol. The molecule has 0 aliphatic heterocycles. The Morgan fingerprint density at radius 2 is 1.83 bits per heavy atom. The summed E-state index contributed by atoms with van der Waals surface area (Å²) in [6.07, 6.45) is 0.845. The van der Waals surface area contributed by atoms with E-state index in [4.69, 9.17) is 5.11 Å². The minimum atomic E-state index is 0.166. The van der Waals surface area contributed by atoms with E-state index in [-0.39, 0.29) is 17.4 Å². The molecular formula is C15H27NOS. The van der Waals surface area contributed by atoms with Gasteiger partial charge >= 0.3 is 0 Å². The average molecular weight is 269 g/mol. The fourth-order valence-electron chi connectivity index (χ4n) is 1.79. The molecule has 0 bridgehead atoms. The molecule has 0 saturated carbocycles. The van der Waals surface area contributed by atoms with Crippen molar-refractivity contribution in [2.24, 2.45) is 5.41 Å². The second kappa shape index (κ2) is 6.18. The molecule has 0 aliphatic carbocycles. The number of aliphatic hydroxyl groups excluding tert-OH is 1. The van der Waals surface area contributed by atoms with Crippen LogP contribution in [0.15, 0.2) is 12.1 Å². The predicted octanol–water partition coefficient (Wildman–Crippen LogP) is 3.54. The lowest BCUT2D eigenvalue weighted by Crippen LogP contribution is -2.29. The Kier molecular flexibility index (Phi) is 5.38. The van der Waals surface area contributed by atoms with Gasteiger partial charge in [-0.3, -0.25) is 0 Å². The van der Waals surface area contributed by atoms with Crippen LogP contribution in [-0.2, 0) is 12.0 Å². The molecule has 1 aromatic rings. The molecule has 0 fully saturated rings. The number of hydrogen-bond donors (Lipinski definition) is 2. The smallest absolute Gasteiger partial charge is 0.0436 e. The summed E-state index contributed by atoms with van der Waals surface area (Å²) < 4.78 is 0. The van der Waals surface area contributed by atoms with Crippen molar-refractivity contribution < 1.29 is 5.11 Å². The second-order valence-electron chi connectivity index (χ2n) is 6.76. The van der Waals surface area contributed by atoms with Gasteiger partial charge in [0.1, 0.15) is 0 Å². The Bertz CT molecular complexity index is 363. The van der Waals surface area contributed by atoms with Crippen molar-refractivity contribution in [1.29, 1.82) is 0 Å². The lowest BCUT2D eigenvalue weighted by atomic mass is 9.90. The second-order valence-corrected chi connectivity index (χ2v) is 7.93. The van der Waals surface area contributed by atoms with Crippen LogP contribution in [0.1, 0.15) is 50.8 Å². The first-order valence-corrected chi connectivity index (χ1v) is 7.47. The molecular weight excluding hydrogens is 242 g/mol. The van der Waals surface area contributed by atoms with Crippen LogP contribution in [0.3, 0.4) is 0 Å². The molecule has 0 unspecified atom stereocenters. The van der Waals surface area contributed by atoms with Gasteiger partial charge in [-0.2, -0.15) is 0 Å². The molecule has 0 amide bonds. The zero-order valence-corrected chi connectivity index (χ0v) is 13.2. The SMILES string of the molecule is CC(C)(CCO)CNCc1ccc(C(C)(C)C)s1. The van der Waals surface area contributed by atoms with Crippen molar-refractivity contribution in [3.05, 3.63) is 21.9 Å². The first kappa shape index (κ1) is 15.7. The van der Waals surface area contributed by atoms with E-state index < -0.39 is 0 Å². The Labute approximate surface area is 115 Å². The summed E-state index contributed by atoms with van der Waals surface area (Å²) in [7, 11) is 0. The van der Waals surface area contributed by atoms with Gasteiger partial charge in [-0.05, 0) is 29.4 Å². The van der Waals surface area contributed by atoms with Crippen molar-refractivity contribution in [2.45, 2.75) is 53.0 Å². The molecule has 2 N–H and O–H groups in total. The van der Waals surface area contributed by atoms with E-state index in [1.54, 1.807) is 0 Å². The third-order valence-electron chi connectivity index (χ3n) is 3.09. The van der Waals surface area contributed by atoms with Gasteiger partial charge in [0.2, 0.25) is 0 Å². The van der Waals surface area contributed by atoms with E-state index in [1.165, 1.54) is 9.75 Å². The molecule has 1 rings (SSSR count). The van der Waals surface area contributed by atoms with Gasteiger partial charge in [0.05, 0.1) is 0 Å². The van der Waals surface area contributed by atoms with Crippen LogP contribution in [0, 0.1) is 5.41 Å². The lowest BCUT2D eigenvalue weighted by Gasteiger charge is -2.23. The van der Waals surface area contributed by atoms with Crippen LogP contribution in [0.25, 0.3) is 0 Å². The lowest BCUT2D eigenvalue weighted by molar-refractivity contribution is 0.207. The van der Waals surface area contributed by atoms with E-state index in [2.05, 4.69) is 52.1 Å². The first-order chi connectivity index (χ1) is 8.24. The molecule has 18 heavy (non-hydrogen) atoms. The first-order valence-electron chi connectivity index (χ1n) is 6.65. The summed E-state index contributed by atoms with van der Waals surface area (Å²) in [5.41, 5.74) is 0.415. The number of aliphatic hydroxyl groups is 1. The van der Waals surface area contributed by atoms with Gasteiger partial charge in [-0.15, -0.1) is 11.3 Å². The topological polar surface area (TPSA) is 32.3 Å². The highest BCUT2D eigenvalue weighted by Crippen LogP contribution is 2.29. The normalized spacial score (nSPS) is 13.0. The Morgan fingerprint density at radius 1 is 1.17 bits per heavy atom. The maximum Gasteiger partial charge on any atom is 0.0436 e. The molecule has 0 atom stereocenters. The monoisotopic (exact) mass is 269 g/mol. The molecule has 104 valence electrons. The third-order valence-corrected chi connectivity index (χ3v) is 4.60. The van der Waals surface area contributed by atoms with E-state index in [0.717, 1.165) is 19.5 Å². The summed E-state index contributed by atoms with van der Waals surface area (Å²) >= 11 is 1.89.